The summed E-state index contributed by atoms with van der Waals surface area (Å²) in [6.45, 7) is 15.9. The molecule has 25 heavy (non-hydrogen) atoms. The molecule has 1 rings (SSSR count). The monoisotopic (exact) mass is 363 g/mol. The number of hydrogen-bond acceptors (Lipinski definition) is 4. The first-order chi connectivity index (χ1) is 11.8. The van der Waals surface area contributed by atoms with Crippen LogP contribution in [0.5, 0.6) is 0 Å². The molecule has 1 aromatic rings. The Morgan fingerprint density at radius 2 is 1.56 bits per heavy atom. The minimum atomic E-state index is -2.80. The molecule has 0 atom stereocenters. The van der Waals surface area contributed by atoms with Crippen LogP contribution in [-0.4, -0.2) is 40.4 Å². The molecule has 0 heterocycles. The molecule has 0 amide bonds. The molecule has 5 heteroatoms. The lowest BCUT2D eigenvalue weighted by Gasteiger charge is -2.25. The molecule has 0 spiro atoms. The molecule has 0 aromatic heterocycles. The van der Waals surface area contributed by atoms with Crippen molar-refractivity contribution in [3.63, 3.8) is 0 Å². The summed E-state index contributed by atoms with van der Waals surface area (Å²) in [5.41, 5.74) is 5.26. The highest BCUT2D eigenvalue weighted by atomic mass is 28.4. The van der Waals surface area contributed by atoms with E-state index in [0.717, 1.165) is 11.1 Å². The van der Waals surface area contributed by atoms with Crippen LogP contribution >= 0.6 is 0 Å². The van der Waals surface area contributed by atoms with E-state index in [1.807, 2.05) is 38.8 Å². The van der Waals surface area contributed by atoms with Gasteiger partial charge in [0.05, 0.1) is 5.54 Å². The van der Waals surface area contributed by atoms with Gasteiger partial charge < -0.3 is 13.3 Å². The summed E-state index contributed by atoms with van der Waals surface area (Å²) in [6, 6.07) is 6.23. The molecule has 0 unspecified atom stereocenters. The van der Waals surface area contributed by atoms with E-state index in [1.54, 1.807) is 0 Å². The van der Waals surface area contributed by atoms with Crippen LogP contribution in [0.2, 0.25) is 0 Å². The predicted octanol–water partition coefficient (Wildman–Crippen LogP) is 4.81. The highest BCUT2D eigenvalue weighted by Crippen LogP contribution is 2.19. The summed E-state index contributed by atoms with van der Waals surface area (Å²) in [5.74, 6) is 0. The lowest BCUT2D eigenvalue weighted by Crippen LogP contribution is -2.44. The van der Waals surface area contributed by atoms with Crippen molar-refractivity contribution >= 4 is 21.1 Å². The number of benzene rings is 1. The Morgan fingerprint density at radius 1 is 1.00 bits per heavy atom. The zero-order chi connectivity index (χ0) is 18.9. The molecule has 0 radical (unpaired) electrons. The predicted molar refractivity (Wildman–Crippen MR) is 108 cm³/mol. The Hall–Kier alpha value is -1.27. The molecule has 1 aromatic carbocycles. The zero-order valence-corrected chi connectivity index (χ0v) is 17.8. The summed E-state index contributed by atoms with van der Waals surface area (Å²) >= 11 is 0. The molecular weight excluding hydrogens is 330 g/mol. The van der Waals surface area contributed by atoms with Crippen molar-refractivity contribution in [3.05, 3.63) is 40.6 Å². The highest BCUT2D eigenvalue weighted by Gasteiger charge is 2.37. The number of hydrogen-bond donors (Lipinski definition) is 0. The van der Waals surface area contributed by atoms with Crippen molar-refractivity contribution in [3.8, 4) is 0 Å². The van der Waals surface area contributed by atoms with Crippen molar-refractivity contribution in [2.24, 2.45) is 4.99 Å². The third-order valence-corrected chi connectivity index (χ3v) is 6.09. The van der Waals surface area contributed by atoms with Gasteiger partial charge in [0, 0.05) is 31.6 Å². The maximum absolute atomic E-state index is 5.89. The van der Waals surface area contributed by atoms with Crippen LogP contribution in [0.1, 0.15) is 58.2 Å². The lowest BCUT2D eigenvalue weighted by molar-refractivity contribution is 0.0845. The molecule has 0 bridgehead atoms. The molecule has 0 aliphatic carbocycles. The average Bonchev–Trinajstić information content (AvgIpc) is 2.52. The lowest BCUT2D eigenvalue weighted by atomic mass is 10.0. The van der Waals surface area contributed by atoms with Crippen LogP contribution in [0.3, 0.4) is 0 Å². The summed E-state index contributed by atoms with van der Waals surface area (Å²) < 4.78 is 17.7. The zero-order valence-electron chi connectivity index (χ0n) is 16.8. The van der Waals surface area contributed by atoms with Crippen LogP contribution in [0.25, 0.3) is 6.08 Å². The van der Waals surface area contributed by atoms with Gasteiger partial charge in [-0.05, 0) is 65.3 Å². The normalized spacial score (nSPS) is 13.2. The Balaban J connectivity index is 3.24. The molecule has 140 valence electrons. The fourth-order valence-electron chi connectivity index (χ4n) is 2.35. The molecule has 4 nitrogen and oxygen atoms in total. The van der Waals surface area contributed by atoms with Crippen molar-refractivity contribution in [2.75, 3.05) is 19.8 Å². The van der Waals surface area contributed by atoms with E-state index >= 15 is 0 Å². The van der Waals surface area contributed by atoms with Gasteiger partial charge in [-0.25, -0.2) is 0 Å². The van der Waals surface area contributed by atoms with Crippen LogP contribution in [-0.2, 0) is 13.3 Å². The van der Waals surface area contributed by atoms with Gasteiger partial charge in [-0.2, -0.15) is 0 Å². The number of aryl methyl sites for hydroxylation is 1. The Kier molecular flexibility index (Phi) is 8.72. The maximum atomic E-state index is 5.89. The second-order valence-electron chi connectivity index (χ2n) is 6.74. The van der Waals surface area contributed by atoms with Gasteiger partial charge in [0.2, 0.25) is 0 Å². The highest BCUT2D eigenvalue weighted by molar-refractivity contribution is 6.67. The minimum Gasteiger partial charge on any atom is -0.371 e. The van der Waals surface area contributed by atoms with Crippen LogP contribution < -0.4 is 0 Å². The molecule has 0 N–H and O–H groups in total. The summed E-state index contributed by atoms with van der Waals surface area (Å²) in [5, 5.41) is 0. The number of nitrogens with zero attached hydrogens (tertiary/aromatic N) is 1. The first kappa shape index (κ1) is 21.8. The van der Waals surface area contributed by atoms with Crippen molar-refractivity contribution < 1.29 is 13.3 Å². The van der Waals surface area contributed by atoms with Crippen LogP contribution in [0.15, 0.2) is 28.9 Å². The van der Waals surface area contributed by atoms with E-state index in [2.05, 4.69) is 50.9 Å². The first-order valence-corrected chi connectivity index (χ1v) is 10.8. The van der Waals surface area contributed by atoms with Crippen molar-refractivity contribution in [2.45, 2.75) is 54.0 Å². The third-order valence-electron chi connectivity index (χ3n) is 3.44. The SMILES string of the molecule is CCO[Si](/C=C/c1cccc(C)c1C=NC(C)(C)C)(OCC)OCC. The van der Waals surface area contributed by atoms with E-state index < -0.39 is 8.80 Å². The van der Waals surface area contributed by atoms with Gasteiger partial charge in [-0.15, -0.1) is 0 Å². The third kappa shape index (κ3) is 7.24. The molecule has 0 aliphatic rings. The fraction of sp³-hybridized carbons (Fsp3) is 0.550. The quantitative estimate of drug-likeness (QED) is 0.467. The standard InChI is InChI=1S/C20H33NO3Si/c1-8-22-25(23-9-2,24-10-3)15-14-18-13-11-12-17(4)19(18)16-21-20(5,6)7/h11-16H,8-10H2,1-7H3/b15-14+,21-16?. The molecule has 0 aliphatic heterocycles. The fourth-order valence-corrected chi connectivity index (χ4v) is 4.48. The summed E-state index contributed by atoms with van der Waals surface area (Å²) in [7, 11) is -2.80. The molecule has 0 fully saturated rings. The summed E-state index contributed by atoms with van der Waals surface area (Å²) in [4.78, 5) is 4.66. The van der Waals surface area contributed by atoms with Crippen LogP contribution in [0.4, 0.5) is 0 Å². The van der Waals surface area contributed by atoms with E-state index in [1.165, 1.54) is 5.56 Å². The topological polar surface area (TPSA) is 40.0 Å². The van der Waals surface area contributed by atoms with Gasteiger partial charge in [-0.3, -0.25) is 4.99 Å². The largest absolute Gasteiger partial charge is 0.529 e. The van der Waals surface area contributed by atoms with Crippen molar-refractivity contribution in [1.82, 2.24) is 0 Å². The van der Waals surface area contributed by atoms with E-state index in [-0.39, 0.29) is 5.54 Å². The smallest absolute Gasteiger partial charge is 0.371 e. The van der Waals surface area contributed by atoms with Gasteiger partial charge >= 0.3 is 8.80 Å². The Bertz CT molecular complexity index is 574. The first-order valence-electron chi connectivity index (χ1n) is 9.02. The van der Waals surface area contributed by atoms with Gasteiger partial charge in [-0.1, -0.05) is 24.3 Å². The van der Waals surface area contributed by atoms with E-state index in [4.69, 9.17) is 13.3 Å². The Morgan fingerprint density at radius 3 is 2.04 bits per heavy atom. The average molecular weight is 364 g/mol. The summed E-state index contributed by atoms with van der Waals surface area (Å²) in [6.07, 6.45) is 4.00. The maximum Gasteiger partial charge on any atom is 0.529 e. The molecule has 0 saturated carbocycles. The van der Waals surface area contributed by atoms with Crippen molar-refractivity contribution in [1.29, 1.82) is 0 Å². The molecule has 0 saturated heterocycles. The van der Waals surface area contributed by atoms with Crippen LogP contribution in [0, 0.1) is 6.92 Å². The number of rotatable bonds is 9. The second kappa shape index (κ2) is 10.0. The minimum absolute atomic E-state index is 0.107. The van der Waals surface area contributed by atoms with E-state index in [9.17, 15) is 0 Å². The molecular formula is C20H33NO3Si. The van der Waals surface area contributed by atoms with Gasteiger partial charge in [0.15, 0.2) is 0 Å². The second-order valence-corrected chi connectivity index (χ2v) is 9.15. The van der Waals surface area contributed by atoms with Gasteiger partial charge in [0.1, 0.15) is 0 Å². The Labute approximate surface area is 154 Å². The van der Waals surface area contributed by atoms with E-state index in [0.29, 0.717) is 19.8 Å². The number of aliphatic imine (C=N–C) groups is 1. The van der Waals surface area contributed by atoms with Gasteiger partial charge in [0.25, 0.3) is 0 Å².